The molecule has 8 aromatic carbocycles. The third-order valence-corrected chi connectivity index (χ3v) is 11.2. The van der Waals surface area contributed by atoms with Gasteiger partial charge in [-0.25, -0.2) is 0 Å². The predicted molar refractivity (Wildman–Crippen MR) is 224 cm³/mol. The molecule has 1 aliphatic carbocycles. The number of aromatic nitrogens is 1. The van der Waals surface area contributed by atoms with Gasteiger partial charge >= 0.3 is 0 Å². The van der Waals surface area contributed by atoms with E-state index in [0.717, 1.165) is 22.7 Å². The number of fused-ring (bicyclic) bond motifs is 6. The van der Waals surface area contributed by atoms with Crippen LogP contribution in [0.2, 0.25) is 0 Å². The van der Waals surface area contributed by atoms with Gasteiger partial charge in [0.15, 0.2) is 0 Å². The Morgan fingerprint density at radius 3 is 1.74 bits per heavy atom. The maximum absolute atomic E-state index is 2.48. The summed E-state index contributed by atoms with van der Waals surface area (Å²) >= 11 is 0. The van der Waals surface area contributed by atoms with Crippen molar-refractivity contribution in [2.24, 2.45) is 0 Å². The zero-order valence-corrected chi connectivity index (χ0v) is 29.9. The van der Waals surface area contributed by atoms with E-state index in [1.54, 1.807) is 0 Å². The van der Waals surface area contributed by atoms with Gasteiger partial charge in [-0.15, -0.1) is 0 Å². The second kappa shape index (κ2) is 12.3. The van der Waals surface area contributed by atoms with E-state index >= 15 is 0 Å². The van der Waals surface area contributed by atoms with Crippen molar-refractivity contribution in [3.8, 4) is 39.1 Å². The molecule has 1 aromatic heterocycles. The Hall–Kier alpha value is -6.64. The molecule has 0 unspecified atom stereocenters. The van der Waals surface area contributed by atoms with Crippen LogP contribution < -0.4 is 4.90 Å². The zero-order chi connectivity index (χ0) is 35.5. The molecule has 2 heteroatoms. The molecular weight excluding hydrogens is 641 g/mol. The van der Waals surface area contributed by atoms with E-state index in [1.807, 2.05) is 0 Å². The lowest BCUT2D eigenvalue weighted by atomic mass is 9.82. The van der Waals surface area contributed by atoms with Crippen molar-refractivity contribution >= 4 is 38.9 Å². The highest BCUT2D eigenvalue weighted by Gasteiger charge is 2.36. The highest BCUT2D eigenvalue weighted by Crippen LogP contribution is 2.52. The lowest BCUT2D eigenvalue weighted by Gasteiger charge is -2.30. The van der Waals surface area contributed by atoms with Crippen molar-refractivity contribution in [1.29, 1.82) is 0 Å². The van der Waals surface area contributed by atoms with Gasteiger partial charge in [-0.05, 0) is 93.5 Å². The Kier molecular flexibility index (Phi) is 7.19. The van der Waals surface area contributed by atoms with Crippen molar-refractivity contribution < 1.29 is 0 Å². The van der Waals surface area contributed by atoms with E-state index in [2.05, 4.69) is 217 Å². The number of hydrogen-bond acceptors (Lipinski definition) is 1. The van der Waals surface area contributed by atoms with Crippen LogP contribution in [0, 0.1) is 0 Å². The fourth-order valence-corrected chi connectivity index (χ4v) is 8.59. The lowest BCUT2D eigenvalue weighted by Crippen LogP contribution is -2.17. The van der Waals surface area contributed by atoms with Gasteiger partial charge in [0.25, 0.3) is 0 Å². The molecule has 0 radical (unpaired) electrons. The van der Waals surface area contributed by atoms with Gasteiger partial charge in [-0.1, -0.05) is 153 Å². The Balaban J connectivity index is 1.27. The molecule has 0 fully saturated rings. The number of rotatable bonds is 6. The minimum atomic E-state index is -0.125. The highest BCUT2D eigenvalue weighted by molar-refractivity contribution is 6.13. The Morgan fingerprint density at radius 1 is 0.396 bits per heavy atom. The SMILES string of the molecule is CC1(C)c2ccccc2-c2ccc(N(c3ccc(-c4ccccc4)cc3)c3cc4c5ccccc5n(-c5ccccc5)c4cc3-c3ccccc3)cc21. The van der Waals surface area contributed by atoms with Crippen LogP contribution in [0.3, 0.4) is 0 Å². The maximum atomic E-state index is 2.48. The smallest absolute Gasteiger partial charge is 0.0548 e. The molecule has 0 aliphatic heterocycles. The van der Waals surface area contributed by atoms with E-state index in [9.17, 15) is 0 Å². The fourth-order valence-electron chi connectivity index (χ4n) is 8.59. The van der Waals surface area contributed by atoms with E-state index in [4.69, 9.17) is 0 Å². The molecule has 1 aliphatic rings. The summed E-state index contributed by atoms with van der Waals surface area (Å²) in [7, 11) is 0. The predicted octanol–water partition coefficient (Wildman–Crippen LogP) is 13.9. The van der Waals surface area contributed by atoms with Gasteiger partial charge in [0, 0.05) is 38.8 Å². The van der Waals surface area contributed by atoms with Gasteiger partial charge in [-0.2, -0.15) is 0 Å². The molecule has 0 N–H and O–H groups in total. The van der Waals surface area contributed by atoms with Crippen LogP contribution >= 0.6 is 0 Å². The minimum Gasteiger partial charge on any atom is -0.310 e. The molecule has 10 rings (SSSR count). The Labute approximate surface area is 310 Å². The van der Waals surface area contributed by atoms with Crippen LogP contribution in [0.5, 0.6) is 0 Å². The van der Waals surface area contributed by atoms with Crippen LogP contribution in [0.25, 0.3) is 60.9 Å². The first-order valence-corrected chi connectivity index (χ1v) is 18.4. The normalized spacial score (nSPS) is 12.9. The van der Waals surface area contributed by atoms with Crippen LogP contribution in [0.15, 0.2) is 194 Å². The average Bonchev–Trinajstić information content (AvgIpc) is 3.66. The van der Waals surface area contributed by atoms with E-state index in [0.29, 0.717) is 0 Å². The molecular formula is C51H38N2. The summed E-state index contributed by atoms with van der Waals surface area (Å²) in [5.74, 6) is 0. The number of para-hydroxylation sites is 2. The first kappa shape index (κ1) is 31.1. The van der Waals surface area contributed by atoms with Crippen LogP contribution in [-0.2, 0) is 5.41 Å². The lowest BCUT2D eigenvalue weighted by molar-refractivity contribution is 0.660. The number of hydrogen-bond donors (Lipinski definition) is 0. The third kappa shape index (κ3) is 5.02. The number of benzene rings is 8. The molecule has 1 heterocycles. The molecule has 0 saturated carbocycles. The van der Waals surface area contributed by atoms with Gasteiger partial charge < -0.3 is 9.47 Å². The third-order valence-electron chi connectivity index (χ3n) is 11.2. The molecule has 0 atom stereocenters. The van der Waals surface area contributed by atoms with Crippen molar-refractivity contribution in [2.75, 3.05) is 4.90 Å². The molecule has 252 valence electrons. The van der Waals surface area contributed by atoms with Gasteiger partial charge in [0.2, 0.25) is 0 Å². The second-order valence-corrected chi connectivity index (χ2v) is 14.6. The van der Waals surface area contributed by atoms with Crippen molar-refractivity contribution in [2.45, 2.75) is 19.3 Å². The molecule has 0 bridgehead atoms. The topological polar surface area (TPSA) is 8.17 Å². The summed E-state index contributed by atoms with van der Waals surface area (Å²) < 4.78 is 2.41. The molecule has 53 heavy (non-hydrogen) atoms. The monoisotopic (exact) mass is 678 g/mol. The molecule has 2 nitrogen and oxygen atoms in total. The summed E-state index contributed by atoms with van der Waals surface area (Å²) in [4.78, 5) is 2.48. The molecule has 0 saturated heterocycles. The van der Waals surface area contributed by atoms with E-state index in [-0.39, 0.29) is 5.41 Å². The molecule has 9 aromatic rings. The van der Waals surface area contributed by atoms with E-state index < -0.39 is 0 Å². The highest BCUT2D eigenvalue weighted by atomic mass is 15.1. The summed E-state index contributed by atoms with van der Waals surface area (Å²) in [6.45, 7) is 4.72. The average molecular weight is 679 g/mol. The van der Waals surface area contributed by atoms with Crippen molar-refractivity contribution in [1.82, 2.24) is 4.57 Å². The molecule has 0 amide bonds. The maximum Gasteiger partial charge on any atom is 0.0548 e. The Bertz CT molecular complexity index is 2780. The zero-order valence-electron chi connectivity index (χ0n) is 29.9. The second-order valence-electron chi connectivity index (χ2n) is 14.6. The van der Waals surface area contributed by atoms with Gasteiger partial charge in [0.05, 0.1) is 16.7 Å². The Morgan fingerprint density at radius 2 is 0.981 bits per heavy atom. The summed E-state index contributed by atoms with van der Waals surface area (Å²) in [6, 6.07) is 70.9. The van der Waals surface area contributed by atoms with Gasteiger partial charge in [-0.3, -0.25) is 0 Å². The van der Waals surface area contributed by atoms with Crippen LogP contribution in [0.1, 0.15) is 25.0 Å². The largest absolute Gasteiger partial charge is 0.310 e. The summed E-state index contributed by atoms with van der Waals surface area (Å²) in [6.07, 6.45) is 0. The van der Waals surface area contributed by atoms with Gasteiger partial charge in [0.1, 0.15) is 0 Å². The van der Waals surface area contributed by atoms with Crippen molar-refractivity contribution in [3.63, 3.8) is 0 Å². The fraction of sp³-hybridized carbons (Fsp3) is 0.0588. The molecule has 0 spiro atoms. The number of anilines is 3. The number of nitrogens with zero attached hydrogens (tertiary/aromatic N) is 2. The van der Waals surface area contributed by atoms with Crippen LogP contribution in [-0.4, -0.2) is 4.57 Å². The minimum absolute atomic E-state index is 0.125. The first-order chi connectivity index (χ1) is 26.1. The van der Waals surface area contributed by atoms with Crippen molar-refractivity contribution in [3.05, 3.63) is 205 Å². The summed E-state index contributed by atoms with van der Waals surface area (Å²) in [5, 5.41) is 2.45. The first-order valence-electron chi connectivity index (χ1n) is 18.4. The van der Waals surface area contributed by atoms with Crippen LogP contribution in [0.4, 0.5) is 17.1 Å². The summed E-state index contributed by atoms with van der Waals surface area (Å²) in [5.41, 5.74) is 16.9. The standard InChI is InChI=1S/C51H38N2/c1-51(2)46-24-14-12-22-41(46)42-31-30-40(32-47(42)51)52(39-28-26-36(27-29-39)35-16-6-3-7-17-35)49-34-45-43-23-13-15-25-48(43)53(38-20-10-5-11-21-38)50(45)33-44(49)37-18-8-4-9-19-37/h3-34H,1-2H3. The quantitative estimate of drug-likeness (QED) is 0.170. The van der Waals surface area contributed by atoms with E-state index in [1.165, 1.54) is 66.3 Å².